The van der Waals surface area contributed by atoms with Crippen molar-refractivity contribution in [1.82, 2.24) is 5.32 Å². The number of aliphatic hydroxyl groups is 5. The summed E-state index contributed by atoms with van der Waals surface area (Å²) < 4.78 is 47.1. The zero-order valence-electron chi connectivity index (χ0n) is 32.7. The summed E-state index contributed by atoms with van der Waals surface area (Å²) >= 11 is 0. The second-order valence-corrected chi connectivity index (χ2v) is 15.8. The number of rotatable bonds is 34. The van der Waals surface area contributed by atoms with Crippen LogP contribution in [0.3, 0.4) is 0 Å². The summed E-state index contributed by atoms with van der Waals surface area (Å²) in [6.07, 6.45) is 19.1. The Hall–Kier alpha value is -1.20. The molecule has 0 bridgehead atoms. The first-order valence-electron chi connectivity index (χ1n) is 20.7. The first-order valence-corrected chi connectivity index (χ1v) is 22.0. The van der Waals surface area contributed by atoms with Crippen molar-refractivity contribution in [3.63, 3.8) is 0 Å². The number of hydrogen-bond donors (Lipinski definition) is 7. The summed E-state index contributed by atoms with van der Waals surface area (Å²) in [5, 5.41) is 54.7. The zero-order valence-corrected chi connectivity index (χ0v) is 33.5. The lowest BCUT2D eigenvalue weighted by Gasteiger charge is -2.41. The van der Waals surface area contributed by atoms with Gasteiger partial charge in [-0.05, 0) is 38.5 Å². The molecule has 53 heavy (non-hydrogen) atoms. The highest BCUT2D eigenvalue weighted by atomic mass is 32.3. The third-order valence-corrected chi connectivity index (χ3v) is 10.4. The first kappa shape index (κ1) is 49.8. The largest absolute Gasteiger partial charge is 0.397 e. The number of hydrogen-bond acceptors (Lipinski definition) is 11. The minimum absolute atomic E-state index is 0.253. The van der Waals surface area contributed by atoms with Gasteiger partial charge in [-0.2, -0.15) is 8.42 Å². The van der Waals surface area contributed by atoms with Crippen LogP contribution in [0.2, 0.25) is 0 Å². The van der Waals surface area contributed by atoms with E-state index in [1.54, 1.807) is 0 Å². The van der Waals surface area contributed by atoms with Gasteiger partial charge in [-0.3, -0.25) is 9.35 Å². The maximum absolute atomic E-state index is 13.0. The van der Waals surface area contributed by atoms with Crippen molar-refractivity contribution >= 4 is 16.3 Å². The molecule has 1 amide bonds. The molecule has 0 spiro atoms. The monoisotopic (exact) mass is 782 g/mol. The molecule has 0 aromatic rings. The minimum atomic E-state index is -5.10. The number of carbonyl (C=O) groups is 1. The fourth-order valence-electron chi connectivity index (χ4n) is 6.58. The van der Waals surface area contributed by atoms with Crippen LogP contribution in [0.5, 0.6) is 0 Å². The summed E-state index contributed by atoms with van der Waals surface area (Å²) in [4.78, 5) is 13.0. The molecule has 13 nitrogen and oxygen atoms in total. The van der Waals surface area contributed by atoms with E-state index in [1.807, 2.05) is 0 Å². The van der Waals surface area contributed by atoms with Crippen molar-refractivity contribution in [2.75, 3.05) is 13.2 Å². The number of allylic oxidation sites excluding steroid dienone is 2. The van der Waals surface area contributed by atoms with E-state index in [1.165, 1.54) is 64.2 Å². The summed E-state index contributed by atoms with van der Waals surface area (Å²) in [5.41, 5.74) is 0. The van der Waals surface area contributed by atoms with Crippen molar-refractivity contribution in [3.8, 4) is 0 Å². The molecule has 8 unspecified atom stereocenters. The van der Waals surface area contributed by atoms with E-state index >= 15 is 0 Å². The molecule has 0 aliphatic carbocycles. The number of ether oxygens (including phenoxy) is 2. The predicted octanol–water partition coefficient (Wildman–Crippen LogP) is 5.80. The van der Waals surface area contributed by atoms with E-state index in [2.05, 4.69) is 35.5 Å². The first-order chi connectivity index (χ1) is 25.4. The average molecular weight is 782 g/mol. The quantitative estimate of drug-likeness (QED) is 0.0235. The normalized spacial score (nSPS) is 22.6. The van der Waals surface area contributed by atoms with Gasteiger partial charge in [0, 0.05) is 0 Å². The van der Waals surface area contributed by atoms with Gasteiger partial charge in [-0.1, -0.05) is 142 Å². The Bertz CT molecular complexity index is 1030. The molecule has 1 saturated heterocycles. The molecule has 1 aliphatic rings. The molecule has 0 radical (unpaired) electrons. The maximum Gasteiger partial charge on any atom is 0.397 e. The number of carbonyl (C=O) groups excluding carboxylic acids is 1. The second kappa shape index (κ2) is 31.0. The van der Waals surface area contributed by atoms with Gasteiger partial charge in [0.05, 0.1) is 25.4 Å². The Morgan fingerprint density at radius 1 is 0.736 bits per heavy atom. The van der Waals surface area contributed by atoms with Crippen LogP contribution in [0, 0.1) is 0 Å². The van der Waals surface area contributed by atoms with Gasteiger partial charge >= 0.3 is 10.4 Å². The zero-order chi connectivity index (χ0) is 39.3. The van der Waals surface area contributed by atoms with Crippen LogP contribution >= 0.6 is 0 Å². The van der Waals surface area contributed by atoms with E-state index in [-0.39, 0.29) is 6.42 Å². The summed E-state index contributed by atoms with van der Waals surface area (Å²) in [5.74, 6) is -0.681. The standard InChI is InChI=1S/C39H75NO12S/c1-3-5-7-9-10-11-12-13-14-15-16-17-18-19-20-21-22-24-26-28-33(43)38(46)40-31(32(42)27-25-23-8-6-4-2)30-50-39-36(45)37(52-53(47,48)49)35(44)34(29-41)51-39/h16-17,31-37,39,41-45H,3-15,18-30H2,1-2H3,(H,40,46)(H,47,48,49)/b17-16-. The van der Waals surface area contributed by atoms with E-state index in [4.69, 9.17) is 14.0 Å². The molecule has 8 atom stereocenters. The van der Waals surface area contributed by atoms with Crippen molar-refractivity contribution < 1.29 is 57.0 Å². The third-order valence-electron chi connectivity index (χ3n) is 9.93. The van der Waals surface area contributed by atoms with E-state index in [9.17, 15) is 38.7 Å². The molecule has 1 aliphatic heterocycles. The fourth-order valence-corrected chi connectivity index (χ4v) is 7.08. The Kier molecular flexibility index (Phi) is 29.1. The molecule has 14 heteroatoms. The molecule has 314 valence electrons. The number of nitrogens with one attached hydrogen (secondary N) is 1. The van der Waals surface area contributed by atoms with Crippen LogP contribution in [0.25, 0.3) is 0 Å². The molecule has 0 saturated carbocycles. The predicted molar refractivity (Wildman–Crippen MR) is 205 cm³/mol. The molecule has 0 aromatic heterocycles. The number of unbranched alkanes of at least 4 members (excludes halogenated alkanes) is 19. The molecule has 1 rings (SSSR count). The van der Waals surface area contributed by atoms with Crippen LogP contribution in [0.1, 0.15) is 168 Å². The smallest absolute Gasteiger partial charge is 0.394 e. The summed E-state index contributed by atoms with van der Waals surface area (Å²) in [6.45, 7) is 3.14. The average Bonchev–Trinajstić information content (AvgIpc) is 3.12. The molecule has 7 N–H and O–H groups in total. The number of amides is 1. The van der Waals surface area contributed by atoms with Crippen LogP contribution in [0.4, 0.5) is 0 Å². The summed E-state index contributed by atoms with van der Waals surface area (Å²) in [6, 6.07) is -1.03. The van der Waals surface area contributed by atoms with Crippen LogP contribution in [-0.4, -0.2) is 107 Å². The van der Waals surface area contributed by atoms with Crippen LogP contribution < -0.4 is 5.32 Å². The van der Waals surface area contributed by atoms with E-state index in [0.29, 0.717) is 19.3 Å². The van der Waals surface area contributed by atoms with Crippen molar-refractivity contribution in [3.05, 3.63) is 12.2 Å². The fraction of sp³-hybridized carbons (Fsp3) is 0.923. The van der Waals surface area contributed by atoms with Crippen molar-refractivity contribution in [1.29, 1.82) is 0 Å². The van der Waals surface area contributed by atoms with Gasteiger partial charge in [0.2, 0.25) is 5.91 Å². The molecule has 1 fully saturated rings. The lowest BCUT2D eigenvalue weighted by atomic mass is 9.99. The SMILES string of the molecule is CCCCCCCCCCC/C=C\CCCCCCCCC(O)C(=O)NC(COC1OC(CO)C(O)C(OS(=O)(=O)O)C1O)C(O)CCCCCCC. The van der Waals surface area contributed by atoms with Crippen LogP contribution in [0.15, 0.2) is 12.2 Å². The molecular weight excluding hydrogens is 706 g/mol. The van der Waals surface area contributed by atoms with Gasteiger partial charge in [0.25, 0.3) is 0 Å². The molecule has 0 aromatic carbocycles. The lowest BCUT2D eigenvalue weighted by Crippen LogP contribution is -2.61. The highest BCUT2D eigenvalue weighted by molar-refractivity contribution is 7.80. The maximum atomic E-state index is 13.0. The van der Waals surface area contributed by atoms with Crippen molar-refractivity contribution in [2.45, 2.75) is 217 Å². The van der Waals surface area contributed by atoms with Crippen molar-refractivity contribution in [2.24, 2.45) is 0 Å². The highest BCUT2D eigenvalue weighted by Crippen LogP contribution is 2.26. The second-order valence-electron chi connectivity index (χ2n) is 14.7. The molecular formula is C39H75NO12S. The molecule has 1 heterocycles. The third kappa shape index (κ3) is 24.1. The number of aliphatic hydroxyl groups excluding tert-OH is 5. The minimum Gasteiger partial charge on any atom is -0.394 e. The Balaban J connectivity index is 2.45. The summed E-state index contributed by atoms with van der Waals surface area (Å²) in [7, 11) is -5.10. The van der Waals surface area contributed by atoms with Gasteiger partial charge in [-0.25, -0.2) is 4.18 Å². The van der Waals surface area contributed by atoms with Gasteiger partial charge in [0.15, 0.2) is 6.29 Å². The highest BCUT2D eigenvalue weighted by Gasteiger charge is 2.48. The lowest BCUT2D eigenvalue weighted by molar-refractivity contribution is -0.298. The van der Waals surface area contributed by atoms with Gasteiger partial charge in [-0.15, -0.1) is 0 Å². The van der Waals surface area contributed by atoms with E-state index in [0.717, 1.165) is 64.2 Å². The van der Waals surface area contributed by atoms with E-state index < -0.39 is 78.5 Å². The Morgan fingerprint density at radius 3 is 1.70 bits per heavy atom. The van der Waals surface area contributed by atoms with Gasteiger partial charge < -0.3 is 40.3 Å². The van der Waals surface area contributed by atoms with Gasteiger partial charge in [0.1, 0.15) is 30.5 Å². The Labute approximate surface area is 320 Å². The Morgan fingerprint density at radius 2 is 1.21 bits per heavy atom. The van der Waals surface area contributed by atoms with Crippen LogP contribution in [-0.2, 0) is 28.9 Å². The topological polar surface area (TPSA) is 212 Å².